The van der Waals surface area contributed by atoms with E-state index in [1.54, 1.807) is 4.68 Å². The molecule has 1 N–H and O–H groups in total. The van der Waals surface area contributed by atoms with Crippen LogP contribution in [-0.4, -0.2) is 58.3 Å². The van der Waals surface area contributed by atoms with E-state index in [4.69, 9.17) is 14.6 Å². The fourth-order valence-electron chi connectivity index (χ4n) is 4.44. The van der Waals surface area contributed by atoms with Crippen LogP contribution in [-0.2, 0) is 9.53 Å². The molecule has 4 heterocycles. The fourth-order valence-corrected chi connectivity index (χ4v) is 4.44. The van der Waals surface area contributed by atoms with Gasteiger partial charge in [0.2, 0.25) is 5.91 Å². The second kappa shape index (κ2) is 8.82. The van der Waals surface area contributed by atoms with Crippen molar-refractivity contribution in [2.75, 3.05) is 36.5 Å². The lowest BCUT2D eigenvalue weighted by atomic mass is 9.86. The molecule has 172 valence electrons. The van der Waals surface area contributed by atoms with Crippen molar-refractivity contribution in [1.82, 2.24) is 20.0 Å². The van der Waals surface area contributed by atoms with Crippen molar-refractivity contribution in [3.05, 3.63) is 53.2 Å². The number of aryl methyl sites for hydroxylation is 1. The highest BCUT2D eigenvalue weighted by Crippen LogP contribution is 2.40. The number of amides is 1. The summed E-state index contributed by atoms with van der Waals surface area (Å²) in [6.07, 6.45) is 0.477. The van der Waals surface area contributed by atoms with Gasteiger partial charge in [-0.25, -0.2) is 0 Å². The number of morpholine rings is 1. The van der Waals surface area contributed by atoms with Gasteiger partial charge < -0.3 is 19.7 Å². The van der Waals surface area contributed by atoms with Gasteiger partial charge in [-0.2, -0.15) is 9.78 Å². The molecule has 5 rings (SSSR count). The van der Waals surface area contributed by atoms with E-state index in [0.717, 1.165) is 41.5 Å². The van der Waals surface area contributed by atoms with Crippen LogP contribution in [0.1, 0.15) is 43.0 Å². The van der Waals surface area contributed by atoms with Crippen LogP contribution >= 0.6 is 0 Å². The van der Waals surface area contributed by atoms with Crippen molar-refractivity contribution in [3.8, 4) is 11.6 Å². The summed E-state index contributed by atoms with van der Waals surface area (Å²) < 4.78 is 12.9. The average Bonchev–Trinajstić information content (AvgIpc) is 3.15. The minimum atomic E-state index is -0.0869. The van der Waals surface area contributed by atoms with E-state index >= 15 is 0 Å². The van der Waals surface area contributed by atoms with Crippen molar-refractivity contribution >= 4 is 17.5 Å². The third-order valence-corrected chi connectivity index (χ3v) is 5.95. The molecule has 0 spiro atoms. The Morgan fingerprint density at radius 1 is 1.06 bits per heavy atom. The molecule has 0 bridgehead atoms. The topological polar surface area (TPSA) is 94.4 Å². The Morgan fingerprint density at radius 3 is 2.42 bits per heavy atom. The molecule has 1 unspecified atom stereocenters. The van der Waals surface area contributed by atoms with Gasteiger partial charge in [0.1, 0.15) is 11.6 Å². The number of carbonyl (C=O) groups excluding carboxylic acids is 1. The van der Waals surface area contributed by atoms with Crippen LogP contribution in [0.3, 0.4) is 0 Å². The fraction of sp³-hybridized carbons (Fsp3) is 0.417. The van der Waals surface area contributed by atoms with Crippen molar-refractivity contribution < 1.29 is 14.3 Å². The molecule has 9 nitrogen and oxygen atoms in total. The Hall–Kier alpha value is -3.46. The first-order valence-corrected chi connectivity index (χ1v) is 11.3. The summed E-state index contributed by atoms with van der Waals surface area (Å²) in [5, 5.41) is 16.5. The lowest BCUT2D eigenvalue weighted by Gasteiger charge is -2.27. The number of rotatable bonds is 5. The minimum Gasteiger partial charge on any atom is -0.491 e. The predicted octanol–water partition coefficient (Wildman–Crippen LogP) is 3.07. The molecule has 0 aliphatic carbocycles. The molecular formula is C24H28N6O3. The van der Waals surface area contributed by atoms with Crippen LogP contribution in [0.25, 0.3) is 5.82 Å². The van der Waals surface area contributed by atoms with E-state index in [9.17, 15) is 4.79 Å². The van der Waals surface area contributed by atoms with E-state index in [0.29, 0.717) is 31.3 Å². The molecule has 1 aromatic carbocycles. The molecule has 1 saturated heterocycles. The van der Waals surface area contributed by atoms with E-state index in [1.807, 2.05) is 57.2 Å². The van der Waals surface area contributed by atoms with Gasteiger partial charge in [0.15, 0.2) is 11.6 Å². The second-order valence-electron chi connectivity index (χ2n) is 8.65. The van der Waals surface area contributed by atoms with Gasteiger partial charge in [-0.1, -0.05) is 12.1 Å². The van der Waals surface area contributed by atoms with Crippen LogP contribution in [0, 0.1) is 6.92 Å². The zero-order chi connectivity index (χ0) is 22.9. The molecule has 2 aliphatic rings. The maximum absolute atomic E-state index is 12.6. The minimum absolute atomic E-state index is 0.0472. The highest BCUT2D eigenvalue weighted by atomic mass is 16.5. The van der Waals surface area contributed by atoms with E-state index < -0.39 is 0 Å². The molecule has 33 heavy (non-hydrogen) atoms. The highest BCUT2D eigenvalue weighted by Gasteiger charge is 2.33. The van der Waals surface area contributed by atoms with Crippen LogP contribution in [0.2, 0.25) is 0 Å². The van der Waals surface area contributed by atoms with Gasteiger partial charge in [-0.05, 0) is 50.6 Å². The smallest absolute Gasteiger partial charge is 0.226 e. The van der Waals surface area contributed by atoms with Crippen molar-refractivity contribution in [3.63, 3.8) is 0 Å². The van der Waals surface area contributed by atoms with Gasteiger partial charge in [0.05, 0.1) is 25.0 Å². The van der Waals surface area contributed by atoms with E-state index in [-0.39, 0.29) is 17.9 Å². The average molecular weight is 449 g/mol. The zero-order valence-electron chi connectivity index (χ0n) is 19.1. The summed E-state index contributed by atoms with van der Waals surface area (Å²) >= 11 is 0. The number of nitrogens with one attached hydrogen (secondary N) is 1. The molecule has 0 saturated carbocycles. The van der Waals surface area contributed by atoms with Crippen LogP contribution in [0.15, 0.2) is 36.4 Å². The van der Waals surface area contributed by atoms with Crippen molar-refractivity contribution in [2.24, 2.45) is 0 Å². The predicted molar refractivity (Wildman–Crippen MR) is 124 cm³/mol. The van der Waals surface area contributed by atoms with E-state index in [2.05, 4.69) is 20.4 Å². The normalized spacial score (nSPS) is 18.2. The molecule has 0 radical (unpaired) electrons. The summed E-state index contributed by atoms with van der Waals surface area (Å²) in [4.78, 5) is 14.8. The molecule has 3 aromatic rings. The SMILES string of the molecule is Cc1nn(-c2ccc(N3CCOCC3)nn2)c2c1C(c1ccc(OC(C)C)cc1)CC(=O)N2. The molecule has 2 aromatic heterocycles. The largest absolute Gasteiger partial charge is 0.491 e. The van der Waals surface area contributed by atoms with Crippen LogP contribution in [0.5, 0.6) is 5.75 Å². The first kappa shape index (κ1) is 21.4. The number of benzene rings is 1. The Kier molecular flexibility index (Phi) is 5.72. The third-order valence-electron chi connectivity index (χ3n) is 5.95. The molecular weight excluding hydrogens is 420 g/mol. The Balaban J connectivity index is 1.46. The monoisotopic (exact) mass is 448 g/mol. The van der Waals surface area contributed by atoms with Crippen LogP contribution < -0.4 is 15.0 Å². The number of nitrogens with zero attached hydrogens (tertiary/aromatic N) is 5. The van der Waals surface area contributed by atoms with E-state index in [1.165, 1.54) is 0 Å². The summed E-state index contributed by atoms with van der Waals surface area (Å²) in [7, 11) is 0. The molecule has 1 atom stereocenters. The number of hydrogen-bond acceptors (Lipinski definition) is 7. The Labute approximate surface area is 192 Å². The molecule has 1 amide bonds. The summed E-state index contributed by atoms with van der Waals surface area (Å²) in [6.45, 7) is 8.93. The number of aromatic nitrogens is 4. The van der Waals surface area contributed by atoms with Crippen molar-refractivity contribution in [2.45, 2.75) is 39.2 Å². The maximum Gasteiger partial charge on any atom is 0.226 e. The van der Waals surface area contributed by atoms with Gasteiger partial charge in [-0.15, -0.1) is 10.2 Å². The number of anilines is 2. The lowest BCUT2D eigenvalue weighted by molar-refractivity contribution is -0.116. The van der Waals surface area contributed by atoms with Crippen LogP contribution in [0.4, 0.5) is 11.6 Å². The van der Waals surface area contributed by atoms with Crippen molar-refractivity contribution in [1.29, 1.82) is 0 Å². The number of hydrogen-bond donors (Lipinski definition) is 1. The van der Waals surface area contributed by atoms with Gasteiger partial charge in [0.25, 0.3) is 0 Å². The third kappa shape index (κ3) is 4.28. The lowest BCUT2D eigenvalue weighted by Crippen LogP contribution is -2.36. The quantitative estimate of drug-likeness (QED) is 0.641. The van der Waals surface area contributed by atoms with Gasteiger partial charge in [0, 0.05) is 31.0 Å². The number of fused-ring (bicyclic) bond motifs is 1. The first-order valence-electron chi connectivity index (χ1n) is 11.3. The summed E-state index contributed by atoms with van der Waals surface area (Å²) in [5.74, 6) is 2.72. The molecule has 2 aliphatic heterocycles. The zero-order valence-corrected chi connectivity index (χ0v) is 19.1. The Bertz CT molecular complexity index is 1130. The maximum atomic E-state index is 12.6. The first-order chi connectivity index (χ1) is 16.0. The standard InChI is InChI=1S/C24H28N6O3/c1-15(2)33-18-6-4-17(5-7-18)19-14-22(31)25-24-23(19)16(3)28-30(24)21-9-8-20(26-27-21)29-10-12-32-13-11-29/h4-9,15,19H,10-14H2,1-3H3,(H,25,31). The number of ether oxygens (including phenoxy) is 2. The molecule has 1 fully saturated rings. The highest BCUT2D eigenvalue weighted by molar-refractivity contribution is 5.95. The second-order valence-corrected chi connectivity index (χ2v) is 8.65. The molecule has 9 heteroatoms. The summed E-state index contributed by atoms with van der Waals surface area (Å²) in [6, 6.07) is 11.8. The summed E-state index contributed by atoms with van der Waals surface area (Å²) in [5.41, 5.74) is 2.92. The van der Waals surface area contributed by atoms with Gasteiger partial charge in [-0.3, -0.25) is 4.79 Å². The Morgan fingerprint density at radius 2 is 1.76 bits per heavy atom. The number of carbonyl (C=O) groups is 1. The van der Waals surface area contributed by atoms with Gasteiger partial charge >= 0.3 is 0 Å².